The number of amides is 1. The topological polar surface area (TPSA) is 66.6 Å². The van der Waals surface area contributed by atoms with Crippen molar-refractivity contribution >= 4 is 11.6 Å². The molecule has 1 aromatic carbocycles. The van der Waals surface area contributed by atoms with Gasteiger partial charge in [-0.15, -0.1) is 0 Å². The molecule has 0 radical (unpaired) electrons. The summed E-state index contributed by atoms with van der Waals surface area (Å²) >= 11 is 0. The Labute approximate surface area is 78.5 Å². The summed E-state index contributed by atoms with van der Waals surface area (Å²) in [7, 11) is 0. The van der Waals surface area contributed by atoms with E-state index in [1.54, 1.807) is 0 Å². The van der Waals surface area contributed by atoms with Crippen molar-refractivity contribution in [3.63, 3.8) is 0 Å². The summed E-state index contributed by atoms with van der Waals surface area (Å²) in [5, 5.41) is 8.92. The highest BCUT2D eigenvalue weighted by atomic mass is 19.1. The second-order valence-electron chi connectivity index (χ2n) is 2.55. The molecule has 0 heterocycles. The van der Waals surface area contributed by atoms with E-state index in [0.29, 0.717) is 11.1 Å². The largest absolute Gasteiger partial charge is 0.386 e. The summed E-state index contributed by atoms with van der Waals surface area (Å²) in [6.07, 6.45) is 0. The number of hydrogen-bond donors (Lipinski definition) is 2. The number of nitrogens with zero attached hydrogens (tertiary/aromatic N) is 1. The first-order valence-electron chi connectivity index (χ1n) is 3.69. The van der Waals surface area contributed by atoms with E-state index in [0.717, 1.165) is 12.1 Å². The number of rotatable bonds is 2. The minimum absolute atomic E-state index is 0.151. The van der Waals surface area contributed by atoms with E-state index in [-0.39, 0.29) is 5.69 Å². The lowest BCUT2D eigenvalue weighted by Crippen LogP contribution is -2.39. The molecule has 0 aromatic heterocycles. The minimum Gasteiger partial charge on any atom is -0.386 e. The number of benzene rings is 1. The molecule has 0 unspecified atom stereocenters. The average Bonchev–Trinajstić information content (AvgIpc) is 2.14. The molecule has 0 aliphatic rings. The number of carbonyl (C=O) groups excluding carboxylic acids is 1. The fourth-order valence-corrected chi connectivity index (χ4v) is 0.899. The third-order valence-corrected chi connectivity index (χ3v) is 1.53. The van der Waals surface area contributed by atoms with E-state index in [2.05, 4.69) is 0 Å². The number of aliphatic hydroxyl groups excluding tert-OH is 1. The van der Waals surface area contributed by atoms with E-state index in [1.807, 2.05) is 0 Å². The molecule has 0 saturated heterocycles. The highest BCUT2D eigenvalue weighted by Gasteiger charge is 2.12. The predicted molar refractivity (Wildman–Crippen MR) is 45.1 cm³/mol. The van der Waals surface area contributed by atoms with Gasteiger partial charge in [0.05, 0.1) is 5.69 Å². The molecule has 0 aliphatic carbocycles. The van der Waals surface area contributed by atoms with Crippen molar-refractivity contribution in [2.24, 2.45) is 5.84 Å². The Balaban J connectivity index is 3.00. The van der Waals surface area contributed by atoms with Crippen molar-refractivity contribution < 1.29 is 18.7 Å². The normalized spacial score (nSPS) is 10.0. The molecule has 0 saturated carbocycles. The van der Waals surface area contributed by atoms with Crippen LogP contribution >= 0.6 is 0 Å². The molecule has 0 aliphatic heterocycles. The summed E-state index contributed by atoms with van der Waals surface area (Å²) in [5.41, 5.74) is -0.151. The number of hydrazine groups is 1. The number of carbonyl (C=O) groups is 1. The zero-order valence-corrected chi connectivity index (χ0v) is 7.08. The number of aliphatic hydroxyl groups is 1. The average molecular weight is 202 g/mol. The molecule has 0 fully saturated rings. The van der Waals surface area contributed by atoms with Crippen molar-refractivity contribution in [3.05, 3.63) is 29.8 Å². The van der Waals surface area contributed by atoms with Crippen LogP contribution in [0.3, 0.4) is 0 Å². The lowest BCUT2D eigenvalue weighted by Gasteiger charge is -2.15. The molecule has 0 bridgehead atoms. The van der Waals surface area contributed by atoms with Gasteiger partial charge in [-0.3, -0.25) is 4.79 Å². The van der Waals surface area contributed by atoms with Gasteiger partial charge in [-0.25, -0.2) is 19.6 Å². The highest BCUT2D eigenvalue weighted by molar-refractivity contribution is 5.92. The molecule has 1 rings (SSSR count). The smallest absolute Gasteiger partial charge is 0.266 e. The van der Waals surface area contributed by atoms with Gasteiger partial charge in [-0.05, 0) is 12.1 Å². The fraction of sp³-hybridized carbons (Fsp3) is 0.125. The van der Waals surface area contributed by atoms with Crippen LogP contribution in [0.4, 0.5) is 14.5 Å². The van der Waals surface area contributed by atoms with Gasteiger partial charge in [0.15, 0.2) is 0 Å². The van der Waals surface area contributed by atoms with E-state index in [9.17, 15) is 13.6 Å². The first-order valence-corrected chi connectivity index (χ1v) is 3.69. The molecule has 6 heteroatoms. The summed E-state index contributed by atoms with van der Waals surface area (Å²) < 4.78 is 25.3. The zero-order chi connectivity index (χ0) is 10.7. The maximum atomic E-state index is 12.7. The second-order valence-corrected chi connectivity index (χ2v) is 2.55. The maximum Gasteiger partial charge on any atom is 0.266 e. The van der Waals surface area contributed by atoms with Crippen LogP contribution in [0.25, 0.3) is 0 Å². The summed E-state index contributed by atoms with van der Waals surface area (Å²) in [4.78, 5) is 10.8. The maximum absolute atomic E-state index is 12.7. The lowest BCUT2D eigenvalue weighted by molar-refractivity contribution is -0.121. The van der Waals surface area contributed by atoms with Gasteiger partial charge in [-0.1, -0.05) is 0 Å². The van der Waals surface area contributed by atoms with Crippen molar-refractivity contribution in [2.45, 2.75) is 0 Å². The van der Waals surface area contributed by atoms with Gasteiger partial charge in [0.2, 0.25) is 0 Å². The van der Waals surface area contributed by atoms with Crippen LogP contribution in [0.1, 0.15) is 0 Å². The first kappa shape index (κ1) is 10.6. The second kappa shape index (κ2) is 4.12. The molecule has 0 spiro atoms. The Morgan fingerprint density at radius 2 is 1.86 bits per heavy atom. The molecule has 3 N–H and O–H groups in total. The van der Waals surface area contributed by atoms with Crippen LogP contribution in [0.15, 0.2) is 18.2 Å². The Morgan fingerprint density at radius 1 is 1.36 bits per heavy atom. The van der Waals surface area contributed by atoms with Crippen molar-refractivity contribution in [1.29, 1.82) is 0 Å². The van der Waals surface area contributed by atoms with Gasteiger partial charge >= 0.3 is 0 Å². The number of nitrogens with two attached hydrogens (primary N) is 1. The molecule has 1 amide bonds. The van der Waals surface area contributed by atoms with E-state index < -0.39 is 24.1 Å². The van der Waals surface area contributed by atoms with Gasteiger partial charge in [0.25, 0.3) is 5.91 Å². The summed E-state index contributed by atoms with van der Waals surface area (Å²) in [6.45, 7) is -0.825. The SMILES string of the molecule is NN(C(=O)CO)c1cc(F)cc(F)c1. The van der Waals surface area contributed by atoms with E-state index in [1.165, 1.54) is 0 Å². The van der Waals surface area contributed by atoms with Gasteiger partial charge in [-0.2, -0.15) is 0 Å². The molecule has 14 heavy (non-hydrogen) atoms. The predicted octanol–water partition coefficient (Wildman–Crippen LogP) is 0.164. The van der Waals surface area contributed by atoms with Crippen LogP contribution in [0.2, 0.25) is 0 Å². The fourth-order valence-electron chi connectivity index (χ4n) is 0.899. The number of anilines is 1. The van der Waals surface area contributed by atoms with Crippen LogP contribution in [-0.4, -0.2) is 17.6 Å². The molecular weight excluding hydrogens is 194 g/mol. The first-order chi connectivity index (χ1) is 6.54. The zero-order valence-electron chi connectivity index (χ0n) is 7.08. The van der Waals surface area contributed by atoms with Crippen LogP contribution < -0.4 is 10.9 Å². The summed E-state index contributed by atoms with van der Waals surface area (Å²) in [5.74, 6) is 2.63. The summed E-state index contributed by atoms with van der Waals surface area (Å²) in [6, 6.07) is 2.42. The Bertz CT molecular complexity index is 337. The van der Waals surface area contributed by atoms with E-state index in [4.69, 9.17) is 10.9 Å². The molecule has 0 atom stereocenters. The molecular formula is C8H8F2N2O2. The number of halogens is 2. The quantitative estimate of drug-likeness (QED) is 0.408. The minimum atomic E-state index is -0.852. The Kier molecular flexibility index (Phi) is 3.10. The van der Waals surface area contributed by atoms with Gasteiger partial charge in [0.1, 0.15) is 18.2 Å². The highest BCUT2D eigenvalue weighted by Crippen LogP contribution is 2.15. The van der Waals surface area contributed by atoms with Crippen LogP contribution in [-0.2, 0) is 4.79 Å². The Hall–Kier alpha value is -1.53. The van der Waals surface area contributed by atoms with Crippen molar-refractivity contribution in [1.82, 2.24) is 0 Å². The van der Waals surface area contributed by atoms with Crippen LogP contribution in [0, 0.1) is 11.6 Å². The van der Waals surface area contributed by atoms with Gasteiger partial charge < -0.3 is 5.11 Å². The monoisotopic (exact) mass is 202 g/mol. The molecule has 1 aromatic rings. The van der Waals surface area contributed by atoms with E-state index >= 15 is 0 Å². The van der Waals surface area contributed by atoms with Crippen LogP contribution in [0.5, 0.6) is 0 Å². The lowest BCUT2D eigenvalue weighted by atomic mass is 10.3. The standard InChI is InChI=1S/C8H8F2N2O2/c9-5-1-6(10)3-7(2-5)12(11)8(14)4-13/h1-3,13H,4,11H2. The number of hydrogen-bond acceptors (Lipinski definition) is 3. The van der Waals surface area contributed by atoms with Crippen molar-refractivity contribution in [3.8, 4) is 0 Å². The van der Waals surface area contributed by atoms with Crippen molar-refractivity contribution in [2.75, 3.05) is 11.6 Å². The third-order valence-electron chi connectivity index (χ3n) is 1.53. The van der Waals surface area contributed by atoms with Gasteiger partial charge in [0, 0.05) is 6.07 Å². The Morgan fingerprint density at radius 3 is 2.29 bits per heavy atom. The third kappa shape index (κ3) is 2.24. The molecule has 4 nitrogen and oxygen atoms in total. The molecule has 76 valence electrons.